The molecule has 3 aromatic carbocycles. The maximum atomic E-state index is 15.0. The Morgan fingerprint density at radius 1 is 0.900 bits per heavy atom. The fourth-order valence-corrected chi connectivity index (χ4v) is 5.68. The van der Waals surface area contributed by atoms with Crippen LogP contribution in [0, 0.1) is 29.2 Å². The maximum absolute atomic E-state index is 15.0. The first-order chi connectivity index (χ1) is 19.3. The number of aliphatic hydroxyl groups excluding tert-OH is 1. The van der Waals surface area contributed by atoms with Gasteiger partial charge in [-0.05, 0) is 91.5 Å². The maximum Gasteiger partial charge on any atom is 0.200 e. The second-order valence-electron chi connectivity index (χ2n) is 10.8. The van der Waals surface area contributed by atoms with Crippen LogP contribution in [0.3, 0.4) is 0 Å². The molecule has 1 saturated carbocycles. The number of hydrogen-bond donors (Lipinski definition) is 1. The molecule has 1 atom stereocenters. The Kier molecular flexibility index (Phi) is 10.4. The summed E-state index contributed by atoms with van der Waals surface area (Å²) in [5.74, 6) is -3.32. The Bertz CT molecular complexity index is 1280. The molecule has 3 aromatic rings. The summed E-state index contributed by atoms with van der Waals surface area (Å²) >= 11 is 0. The summed E-state index contributed by atoms with van der Waals surface area (Å²) in [6, 6.07) is 13.3. The summed E-state index contributed by atoms with van der Waals surface area (Å²) in [6.45, 7) is 5.83. The zero-order valence-corrected chi connectivity index (χ0v) is 23.1. The lowest BCUT2D eigenvalue weighted by Gasteiger charge is -2.29. The highest BCUT2D eigenvalue weighted by molar-refractivity contribution is 5.65. The van der Waals surface area contributed by atoms with E-state index < -0.39 is 29.4 Å². The smallest absolute Gasteiger partial charge is 0.200 e. The molecule has 0 spiro atoms. The van der Waals surface area contributed by atoms with Gasteiger partial charge in [-0.25, -0.2) is 13.2 Å². The van der Waals surface area contributed by atoms with Gasteiger partial charge in [-0.3, -0.25) is 0 Å². The Balaban J connectivity index is 1.33. The van der Waals surface area contributed by atoms with Crippen LogP contribution in [0.2, 0.25) is 0 Å². The van der Waals surface area contributed by atoms with Gasteiger partial charge in [0, 0.05) is 5.56 Å². The first kappa shape index (κ1) is 29.9. The minimum Gasteiger partial charge on any atom is -0.490 e. The predicted octanol–water partition coefficient (Wildman–Crippen LogP) is 9.60. The SMILES string of the molecule is C=CCCOc1ccc(C2CCC(CCc3ccc(-c4ccc(C(O)CCC)cc4)c(F)c3F)CC2)c(F)c1F. The molecule has 0 bridgehead atoms. The van der Waals surface area contributed by atoms with Gasteiger partial charge in [-0.15, -0.1) is 6.58 Å². The highest BCUT2D eigenvalue weighted by Crippen LogP contribution is 2.40. The van der Waals surface area contributed by atoms with Crippen LogP contribution in [0.15, 0.2) is 61.2 Å². The summed E-state index contributed by atoms with van der Waals surface area (Å²) in [5, 5.41) is 10.1. The molecular weight excluding hydrogens is 516 g/mol. The molecule has 0 aliphatic heterocycles. The minimum atomic E-state index is -0.949. The average molecular weight is 555 g/mol. The first-order valence-corrected chi connectivity index (χ1v) is 14.3. The van der Waals surface area contributed by atoms with Crippen LogP contribution >= 0.6 is 0 Å². The van der Waals surface area contributed by atoms with Crippen molar-refractivity contribution in [3.05, 3.63) is 101 Å². The zero-order chi connectivity index (χ0) is 28.6. The van der Waals surface area contributed by atoms with E-state index in [0.29, 0.717) is 48.3 Å². The molecule has 1 aliphatic rings. The van der Waals surface area contributed by atoms with Crippen molar-refractivity contribution >= 4 is 0 Å². The van der Waals surface area contributed by atoms with Gasteiger partial charge in [-0.2, -0.15) is 4.39 Å². The number of aliphatic hydroxyl groups is 1. The van der Waals surface area contributed by atoms with Crippen molar-refractivity contribution in [1.29, 1.82) is 0 Å². The molecule has 1 aliphatic carbocycles. The molecule has 0 amide bonds. The van der Waals surface area contributed by atoms with Gasteiger partial charge in [0.2, 0.25) is 5.82 Å². The molecule has 0 aromatic heterocycles. The molecule has 4 rings (SSSR count). The number of halogens is 4. The van der Waals surface area contributed by atoms with Crippen molar-refractivity contribution in [3.63, 3.8) is 0 Å². The molecular formula is C34H38F4O2. The van der Waals surface area contributed by atoms with Gasteiger partial charge in [0.05, 0.1) is 12.7 Å². The molecule has 6 heteroatoms. The van der Waals surface area contributed by atoms with E-state index in [-0.39, 0.29) is 23.8 Å². The highest BCUT2D eigenvalue weighted by Gasteiger charge is 2.27. The van der Waals surface area contributed by atoms with Crippen LogP contribution in [0.4, 0.5) is 17.6 Å². The lowest BCUT2D eigenvalue weighted by Crippen LogP contribution is -2.16. The summed E-state index contributed by atoms with van der Waals surface area (Å²) in [7, 11) is 0. The lowest BCUT2D eigenvalue weighted by atomic mass is 9.76. The lowest BCUT2D eigenvalue weighted by molar-refractivity contribution is 0.166. The molecule has 0 heterocycles. The summed E-state index contributed by atoms with van der Waals surface area (Å²) in [5.41, 5.74) is 2.25. The number of benzene rings is 3. The van der Waals surface area contributed by atoms with Crippen LogP contribution in [0.1, 0.15) is 87.0 Å². The zero-order valence-electron chi connectivity index (χ0n) is 23.1. The van der Waals surface area contributed by atoms with Crippen LogP contribution < -0.4 is 4.74 Å². The third-order valence-corrected chi connectivity index (χ3v) is 8.10. The van der Waals surface area contributed by atoms with Gasteiger partial charge >= 0.3 is 0 Å². The van der Waals surface area contributed by atoms with E-state index >= 15 is 4.39 Å². The fraction of sp³-hybridized carbons (Fsp3) is 0.412. The van der Waals surface area contributed by atoms with E-state index in [9.17, 15) is 18.3 Å². The third kappa shape index (κ3) is 6.95. The van der Waals surface area contributed by atoms with Gasteiger partial charge < -0.3 is 9.84 Å². The van der Waals surface area contributed by atoms with E-state index in [0.717, 1.165) is 37.7 Å². The molecule has 1 fully saturated rings. The molecule has 0 radical (unpaired) electrons. The molecule has 214 valence electrons. The molecule has 0 saturated heterocycles. The minimum absolute atomic E-state index is 0.0732. The number of hydrogen-bond acceptors (Lipinski definition) is 2. The Hall–Kier alpha value is -3.12. The standard InChI is InChI=1S/C34H38F4O2/c1-3-5-21-40-30-20-19-28(33(37)34(30)38)23-10-7-22(8-11-23)9-12-26-17-18-27(32(36)31(26)35)24-13-15-25(16-14-24)29(39)6-4-2/h3,13-20,22-23,29,39H,1,4-12,21H2,2H3. The van der Waals surface area contributed by atoms with Crippen molar-refractivity contribution in [2.24, 2.45) is 5.92 Å². The Labute approximate surface area is 234 Å². The van der Waals surface area contributed by atoms with Gasteiger partial charge in [0.1, 0.15) is 0 Å². The summed E-state index contributed by atoms with van der Waals surface area (Å²) in [4.78, 5) is 0. The van der Waals surface area contributed by atoms with E-state index in [2.05, 4.69) is 6.58 Å². The summed E-state index contributed by atoms with van der Waals surface area (Å²) < 4.78 is 64.6. The van der Waals surface area contributed by atoms with Crippen molar-refractivity contribution < 1.29 is 27.4 Å². The second-order valence-corrected chi connectivity index (χ2v) is 10.8. The average Bonchev–Trinajstić information content (AvgIpc) is 2.97. The fourth-order valence-electron chi connectivity index (χ4n) is 5.68. The summed E-state index contributed by atoms with van der Waals surface area (Å²) in [6.07, 6.45) is 7.34. The Morgan fingerprint density at radius 2 is 1.62 bits per heavy atom. The number of aryl methyl sites for hydroxylation is 1. The second kappa shape index (κ2) is 14.0. The van der Waals surface area contributed by atoms with E-state index in [1.165, 1.54) is 6.07 Å². The largest absolute Gasteiger partial charge is 0.490 e. The van der Waals surface area contributed by atoms with Crippen molar-refractivity contribution in [2.75, 3.05) is 6.61 Å². The molecule has 1 unspecified atom stereocenters. The number of ether oxygens (including phenoxy) is 1. The van der Waals surface area contributed by atoms with Crippen LogP contribution in [0.5, 0.6) is 5.75 Å². The Morgan fingerprint density at radius 3 is 2.30 bits per heavy atom. The van der Waals surface area contributed by atoms with Gasteiger partial charge in [0.25, 0.3) is 0 Å². The van der Waals surface area contributed by atoms with Crippen LogP contribution in [-0.2, 0) is 6.42 Å². The van der Waals surface area contributed by atoms with Crippen LogP contribution in [0.25, 0.3) is 11.1 Å². The normalized spacial score (nSPS) is 17.9. The van der Waals surface area contributed by atoms with Crippen molar-refractivity contribution in [3.8, 4) is 16.9 Å². The van der Waals surface area contributed by atoms with Gasteiger partial charge in [0.15, 0.2) is 23.2 Å². The van der Waals surface area contributed by atoms with Crippen molar-refractivity contribution in [1.82, 2.24) is 0 Å². The number of rotatable bonds is 12. The topological polar surface area (TPSA) is 29.5 Å². The molecule has 40 heavy (non-hydrogen) atoms. The van der Waals surface area contributed by atoms with E-state index in [4.69, 9.17) is 4.74 Å². The van der Waals surface area contributed by atoms with E-state index in [1.54, 1.807) is 48.5 Å². The molecule has 2 nitrogen and oxygen atoms in total. The van der Waals surface area contributed by atoms with Gasteiger partial charge in [-0.1, -0.05) is 61.9 Å². The monoisotopic (exact) mass is 554 g/mol. The predicted molar refractivity (Wildman–Crippen MR) is 151 cm³/mol. The van der Waals surface area contributed by atoms with E-state index in [1.807, 2.05) is 6.92 Å². The first-order valence-electron chi connectivity index (χ1n) is 14.3. The third-order valence-electron chi connectivity index (χ3n) is 8.10. The quantitative estimate of drug-likeness (QED) is 0.137. The highest BCUT2D eigenvalue weighted by atomic mass is 19.2. The molecule has 1 N–H and O–H groups in total. The van der Waals surface area contributed by atoms with Crippen LogP contribution in [-0.4, -0.2) is 11.7 Å². The van der Waals surface area contributed by atoms with Crippen molar-refractivity contribution in [2.45, 2.75) is 76.7 Å².